The molecule has 0 radical (unpaired) electrons. The topological polar surface area (TPSA) is 92.0 Å². The first-order valence-electron chi connectivity index (χ1n) is 8.66. The summed E-state index contributed by atoms with van der Waals surface area (Å²) in [6.07, 6.45) is 2.69. The number of hydrogen-bond acceptors (Lipinski definition) is 7. The third kappa shape index (κ3) is 5.63. The summed E-state index contributed by atoms with van der Waals surface area (Å²) in [6.45, 7) is 3.41. The van der Waals surface area contributed by atoms with Crippen LogP contribution in [0.5, 0.6) is 11.5 Å². The van der Waals surface area contributed by atoms with Gasteiger partial charge in [-0.3, -0.25) is 0 Å². The lowest BCUT2D eigenvalue weighted by Crippen LogP contribution is -2.08. The third-order valence-corrected chi connectivity index (χ3v) is 3.49. The van der Waals surface area contributed by atoms with Crippen LogP contribution in [-0.4, -0.2) is 36.8 Å². The molecular formula is C19H16F3N5O3. The lowest BCUT2D eigenvalue weighted by atomic mass is 10.1. The third-order valence-electron chi connectivity index (χ3n) is 3.49. The van der Waals surface area contributed by atoms with E-state index in [0.717, 1.165) is 18.2 Å². The van der Waals surface area contributed by atoms with Crippen LogP contribution < -0.4 is 4.74 Å². The van der Waals surface area contributed by atoms with Gasteiger partial charge in [-0.05, 0) is 32.0 Å². The van der Waals surface area contributed by atoms with Crippen LogP contribution in [0.25, 0.3) is 17.6 Å². The van der Waals surface area contributed by atoms with Crippen molar-refractivity contribution in [1.29, 1.82) is 0 Å². The van der Waals surface area contributed by atoms with Crippen LogP contribution in [0.2, 0.25) is 0 Å². The highest BCUT2D eigenvalue weighted by molar-refractivity contribution is 5.85. The van der Waals surface area contributed by atoms with E-state index in [2.05, 4.69) is 20.1 Å². The van der Waals surface area contributed by atoms with Crippen molar-refractivity contribution in [1.82, 2.24) is 24.7 Å². The Hall–Kier alpha value is -3.76. The average Bonchev–Trinajstić information content (AvgIpc) is 3.15. The molecule has 1 aromatic carbocycles. The second kappa shape index (κ2) is 8.72. The van der Waals surface area contributed by atoms with Gasteiger partial charge in [0.25, 0.3) is 0 Å². The SMILES string of the molecule is CC(C)OC(=O)C=Cn1cnc(-c2cc(Oc3cncnc3)cc(C(F)(F)F)c2)n1. The van der Waals surface area contributed by atoms with Crippen LogP contribution in [0, 0.1) is 0 Å². The number of halogens is 3. The first kappa shape index (κ1) is 21.0. The Labute approximate surface area is 169 Å². The van der Waals surface area contributed by atoms with Gasteiger partial charge in [-0.15, -0.1) is 5.10 Å². The monoisotopic (exact) mass is 419 g/mol. The Morgan fingerprint density at radius 3 is 2.53 bits per heavy atom. The molecule has 0 unspecified atom stereocenters. The molecule has 2 aromatic heterocycles. The fourth-order valence-corrected chi connectivity index (χ4v) is 2.31. The summed E-state index contributed by atoms with van der Waals surface area (Å²) in [6, 6.07) is 3.12. The lowest BCUT2D eigenvalue weighted by molar-refractivity contribution is -0.141. The zero-order valence-corrected chi connectivity index (χ0v) is 15.9. The minimum atomic E-state index is -4.61. The summed E-state index contributed by atoms with van der Waals surface area (Å²) >= 11 is 0. The van der Waals surface area contributed by atoms with Gasteiger partial charge >= 0.3 is 12.1 Å². The maximum Gasteiger partial charge on any atom is 0.416 e. The Kier molecular flexibility index (Phi) is 6.09. The smallest absolute Gasteiger partial charge is 0.416 e. The molecule has 0 aliphatic heterocycles. The predicted octanol–water partition coefficient (Wildman–Crippen LogP) is 3.97. The number of carbonyl (C=O) groups excluding carboxylic acids is 1. The number of benzene rings is 1. The molecule has 11 heteroatoms. The van der Waals surface area contributed by atoms with Gasteiger partial charge in [0.05, 0.1) is 24.1 Å². The largest absolute Gasteiger partial charge is 0.460 e. The van der Waals surface area contributed by atoms with E-state index in [9.17, 15) is 18.0 Å². The van der Waals surface area contributed by atoms with Crippen LogP contribution in [0.3, 0.4) is 0 Å². The summed E-state index contributed by atoms with van der Waals surface area (Å²) in [5.74, 6) is -0.478. The van der Waals surface area contributed by atoms with E-state index < -0.39 is 17.7 Å². The minimum Gasteiger partial charge on any atom is -0.460 e. The summed E-state index contributed by atoms with van der Waals surface area (Å²) < 4.78 is 51.6. The highest BCUT2D eigenvalue weighted by Gasteiger charge is 2.32. The van der Waals surface area contributed by atoms with E-state index in [0.29, 0.717) is 0 Å². The Morgan fingerprint density at radius 1 is 1.13 bits per heavy atom. The highest BCUT2D eigenvalue weighted by atomic mass is 19.4. The molecule has 156 valence electrons. The van der Waals surface area contributed by atoms with Gasteiger partial charge in [0.1, 0.15) is 18.4 Å². The quantitative estimate of drug-likeness (QED) is 0.441. The van der Waals surface area contributed by atoms with Crippen molar-refractivity contribution in [2.24, 2.45) is 0 Å². The zero-order chi connectivity index (χ0) is 21.7. The van der Waals surface area contributed by atoms with Crippen LogP contribution in [0.1, 0.15) is 19.4 Å². The molecule has 0 saturated carbocycles. The van der Waals surface area contributed by atoms with Crippen molar-refractivity contribution in [3.63, 3.8) is 0 Å². The van der Waals surface area contributed by atoms with E-state index in [-0.39, 0.29) is 29.0 Å². The van der Waals surface area contributed by atoms with Crippen LogP contribution in [0.4, 0.5) is 13.2 Å². The van der Waals surface area contributed by atoms with E-state index >= 15 is 0 Å². The standard InChI is InChI=1S/C19H16F3N5O3/c1-12(2)29-17(28)3-4-27-11-25-18(26-27)13-5-14(19(20,21)22)7-15(6-13)30-16-8-23-10-24-9-16/h3-12H,1-2H3. The van der Waals surface area contributed by atoms with Gasteiger partial charge in [0, 0.05) is 17.8 Å². The van der Waals surface area contributed by atoms with Crippen LogP contribution in [-0.2, 0) is 15.7 Å². The second-order valence-electron chi connectivity index (χ2n) is 6.27. The number of rotatable bonds is 6. The molecule has 3 rings (SSSR count). The van der Waals surface area contributed by atoms with Crippen molar-refractivity contribution < 1.29 is 27.4 Å². The second-order valence-corrected chi connectivity index (χ2v) is 6.27. The Balaban J connectivity index is 1.89. The molecule has 0 spiro atoms. The molecule has 0 aliphatic carbocycles. The molecule has 0 aliphatic rings. The van der Waals surface area contributed by atoms with E-state index in [4.69, 9.17) is 9.47 Å². The summed E-state index contributed by atoms with van der Waals surface area (Å²) in [7, 11) is 0. The fraction of sp³-hybridized carbons (Fsp3) is 0.211. The van der Waals surface area contributed by atoms with E-state index in [1.807, 2.05) is 0 Å². The molecule has 0 fully saturated rings. The van der Waals surface area contributed by atoms with E-state index in [1.165, 1.54) is 42.0 Å². The number of esters is 1. The molecule has 8 nitrogen and oxygen atoms in total. The molecule has 0 bridgehead atoms. The molecule has 30 heavy (non-hydrogen) atoms. The number of hydrogen-bond donors (Lipinski definition) is 0. The zero-order valence-electron chi connectivity index (χ0n) is 15.9. The molecular weight excluding hydrogens is 403 g/mol. The molecule has 0 atom stereocenters. The molecule has 2 heterocycles. The first-order chi connectivity index (χ1) is 14.2. The number of carbonyl (C=O) groups is 1. The summed E-state index contributed by atoms with van der Waals surface area (Å²) in [5, 5.41) is 4.07. The average molecular weight is 419 g/mol. The molecule has 0 amide bonds. The van der Waals surface area contributed by atoms with Gasteiger partial charge in [0.2, 0.25) is 0 Å². The molecule has 3 aromatic rings. The van der Waals surface area contributed by atoms with Gasteiger partial charge < -0.3 is 9.47 Å². The predicted molar refractivity (Wildman–Crippen MR) is 99.1 cm³/mol. The minimum absolute atomic E-state index is 0.0112. The van der Waals surface area contributed by atoms with Crippen molar-refractivity contribution in [3.05, 3.63) is 54.9 Å². The van der Waals surface area contributed by atoms with Gasteiger partial charge in [-0.2, -0.15) is 13.2 Å². The van der Waals surface area contributed by atoms with Gasteiger partial charge in [-0.1, -0.05) is 0 Å². The summed E-state index contributed by atoms with van der Waals surface area (Å²) in [4.78, 5) is 23.1. The number of ether oxygens (including phenoxy) is 2. The van der Waals surface area contributed by atoms with Crippen molar-refractivity contribution in [2.45, 2.75) is 26.1 Å². The summed E-state index contributed by atoms with van der Waals surface area (Å²) in [5.41, 5.74) is -0.854. The maximum atomic E-state index is 13.3. The fourth-order valence-electron chi connectivity index (χ4n) is 2.31. The first-order valence-corrected chi connectivity index (χ1v) is 8.66. The van der Waals surface area contributed by atoms with Gasteiger partial charge in [0.15, 0.2) is 11.6 Å². The Bertz CT molecular complexity index is 1050. The highest BCUT2D eigenvalue weighted by Crippen LogP contribution is 2.36. The molecule has 0 N–H and O–H groups in total. The maximum absolute atomic E-state index is 13.3. The van der Waals surface area contributed by atoms with Crippen molar-refractivity contribution in [3.8, 4) is 22.9 Å². The molecule has 0 saturated heterocycles. The lowest BCUT2D eigenvalue weighted by Gasteiger charge is -2.11. The van der Waals surface area contributed by atoms with Crippen LogP contribution >= 0.6 is 0 Å². The Morgan fingerprint density at radius 2 is 1.87 bits per heavy atom. The van der Waals surface area contributed by atoms with E-state index in [1.54, 1.807) is 13.8 Å². The normalized spacial score (nSPS) is 11.8. The van der Waals surface area contributed by atoms with Crippen LogP contribution in [0.15, 0.2) is 49.3 Å². The van der Waals surface area contributed by atoms with Crippen molar-refractivity contribution >= 4 is 12.2 Å². The van der Waals surface area contributed by atoms with Crippen molar-refractivity contribution in [2.75, 3.05) is 0 Å². The number of nitrogens with zero attached hydrogens (tertiary/aromatic N) is 5. The number of alkyl halides is 3. The number of aromatic nitrogens is 5. The van der Waals surface area contributed by atoms with Gasteiger partial charge in [-0.25, -0.2) is 24.4 Å².